The van der Waals surface area contributed by atoms with Crippen LogP contribution in [0.4, 0.5) is 11.4 Å². The van der Waals surface area contributed by atoms with E-state index in [1.54, 1.807) is 0 Å². The first-order valence-electron chi connectivity index (χ1n) is 8.02. The molecule has 1 fully saturated rings. The summed E-state index contributed by atoms with van der Waals surface area (Å²) < 4.78 is 5.58. The van der Waals surface area contributed by atoms with Crippen LogP contribution in [0, 0.1) is 10.1 Å². The van der Waals surface area contributed by atoms with Crippen molar-refractivity contribution in [2.45, 2.75) is 6.42 Å². The van der Waals surface area contributed by atoms with Crippen LogP contribution in [0.1, 0.15) is 6.42 Å². The third-order valence-electron chi connectivity index (χ3n) is 4.18. The summed E-state index contributed by atoms with van der Waals surface area (Å²) in [7, 11) is 0. The number of quaternary nitrogens is 1. The highest BCUT2D eigenvalue weighted by Gasteiger charge is 2.22. The number of benzene rings is 1. The zero-order valence-corrected chi connectivity index (χ0v) is 14.1. The van der Waals surface area contributed by atoms with E-state index in [-0.39, 0.29) is 5.69 Å². The van der Waals surface area contributed by atoms with E-state index in [1.165, 1.54) is 4.90 Å². The molecule has 1 aliphatic heterocycles. The second kappa shape index (κ2) is 7.69. The first kappa shape index (κ1) is 16.8. The van der Waals surface area contributed by atoms with E-state index < -0.39 is 9.67 Å². The summed E-state index contributed by atoms with van der Waals surface area (Å²) in [5.74, 6) is 0. The second-order valence-electron chi connectivity index (χ2n) is 5.76. The van der Waals surface area contributed by atoms with E-state index in [0.29, 0.717) is 12.2 Å². The third kappa shape index (κ3) is 3.72. The van der Waals surface area contributed by atoms with Crippen molar-refractivity contribution in [1.82, 2.24) is 0 Å². The molecule has 1 aromatic heterocycles. The molecule has 1 saturated heterocycles. The van der Waals surface area contributed by atoms with Crippen molar-refractivity contribution >= 4 is 32.8 Å². The van der Waals surface area contributed by atoms with Gasteiger partial charge in [0.2, 0.25) is 0 Å². The van der Waals surface area contributed by atoms with Crippen molar-refractivity contribution in [3.05, 3.63) is 43.9 Å². The summed E-state index contributed by atoms with van der Waals surface area (Å²) in [6.07, 6.45) is 0.882. The maximum atomic E-state index is 12.1. The number of nitrogens with zero attached hydrogens (tertiary/aromatic N) is 1. The van der Waals surface area contributed by atoms with E-state index in [2.05, 4.69) is 5.32 Å². The number of ether oxygens (including phenoxy) is 1. The van der Waals surface area contributed by atoms with Gasteiger partial charge in [0, 0.05) is 23.1 Å². The predicted octanol–water partition coefficient (Wildman–Crippen LogP) is 0.887. The topological polar surface area (TPSA) is 85.9 Å². The Morgan fingerprint density at radius 1 is 1.29 bits per heavy atom. The van der Waals surface area contributed by atoms with Crippen molar-refractivity contribution in [2.24, 2.45) is 0 Å². The maximum absolute atomic E-state index is 12.1. The number of anilines is 1. The highest BCUT2D eigenvalue weighted by molar-refractivity contribution is 7.16. The van der Waals surface area contributed by atoms with Gasteiger partial charge in [-0.3, -0.25) is 14.9 Å². The Balaban J connectivity index is 1.75. The van der Waals surface area contributed by atoms with Gasteiger partial charge in [0.05, 0.1) is 24.7 Å². The number of nitrogens with one attached hydrogen (secondary N) is 2. The standard InChI is InChI=1S/C16H19N3O4S/c20-16-15(19(21)22)14(12-4-1-2-5-13(12)24-16)17-6-3-7-18-8-10-23-11-9-18/h1-2,4-5,17H,3,6-11H2/p+1. The van der Waals surface area contributed by atoms with E-state index in [0.717, 1.165) is 60.7 Å². The molecule has 8 heteroatoms. The van der Waals surface area contributed by atoms with Crippen molar-refractivity contribution in [1.29, 1.82) is 0 Å². The van der Waals surface area contributed by atoms with Crippen molar-refractivity contribution < 1.29 is 14.6 Å². The Morgan fingerprint density at radius 2 is 2.04 bits per heavy atom. The van der Waals surface area contributed by atoms with Crippen molar-refractivity contribution in [2.75, 3.05) is 44.7 Å². The summed E-state index contributed by atoms with van der Waals surface area (Å²) in [6.45, 7) is 5.17. The molecule has 24 heavy (non-hydrogen) atoms. The molecule has 0 bridgehead atoms. The lowest BCUT2D eigenvalue weighted by atomic mass is 10.2. The quantitative estimate of drug-likeness (QED) is 0.459. The molecule has 3 rings (SSSR count). The SMILES string of the molecule is O=c1sc2ccccc2c(NCCC[NH+]2CCOCC2)c1[N+](=O)[O-]. The molecule has 0 spiro atoms. The zero-order chi connectivity index (χ0) is 16.9. The monoisotopic (exact) mass is 350 g/mol. The fourth-order valence-corrected chi connectivity index (χ4v) is 3.85. The fraction of sp³-hybridized carbons (Fsp3) is 0.438. The highest BCUT2D eigenvalue weighted by Crippen LogP contribution is 2.31. The molecule has 2 N–H and O–H groups in total. The lowest BCUT2D eigenvalue weighted by Crippen LogP contribution is -3.14. The largest absolute Gasteiger partial charge is 0.379 e. The number of hydrogen-bond acceptors (Lipinski definition) is 6. The number of fused-ring (bicyclic) bond motifs is 1. The molecule has 1 aromatic carbocycles. The average molecular weight is 350 g/mol. The maximum Gasteiger partial charge on any atom is 0.350 e. The Hall–Kier alpha value is -2.03. The Bertz CT molecular complexity index is 786. The van der Waals surface area contributed by atoms with Crippen LogP contribution >= 0.6 is 11.3 Å². The summed E-state index contributed by atoms with van der Waals surface area (Å²) in [4.78, 5) is 24.3. The molecule has 0 amide bonds. The Labute approximate surface area is 143 Å². The predicted molar refractivity (Wildman–Crippen MR) is 94.2 cm³/mol. The highest BCUT2D eigenvalue weighted by atomic mass is 32.1. The first-order valence-corrected chi connectivity index (χ1v) is 8.84. The van der Waals surface area contributed by atoms with Crippen LogP contribution in [0.25, 0.3) is 10.1 Å². The Kier molecular flexibility index (Phi) is 5.39. The van der Waals surface area contributed by atoms with Crippen LogP contribution in [-0.2, 0) is 4.74 Å². The van der Waals surface area contributed by atoms with Gasteiger partial charge in [-0.25, -0.2) is 0 Å². The van der Waals surface area contributed by atoms with Gasteiger partial charge in [0.15, 0.2) is 0 Å². The summed E-state index contributed by atoms with van der Waals surface area (Å²) in [6, 6.07) is 7.28. The minimum atomic E-state index is -0.583. The lowest BCUT2D eigenvalue weighted by Gasteiger charge is -2.23. The van der Waals surface area contributed by atoms with Crippen LogP contribution in [0.5, 0.6) is 0 Å². The van der Waals surface area contributed by atoms with Crippen LogP contribution < -0.4 is 15.0 Å². The number of hydrogen-bond donors (Lipinski definition) is 2. The minimum absolute atomic E-state index is 0.344. The van der Waals surface area contributed by atoms with Gasteiger partial charge in [-0.05, 0) is 6.07 Å². The third-order valence-corrected chi connectivity index (χ3v) is 5.14. The molecule has 0 unspecified atom stereocenters. The van der Waals surface area contributed by atoms with Crippen LogP contribution in [-0.4, -0.2) is 44.3 Å². The first-order chi connectivity index (χ1) is 11.7. The zero-order valence-electron chi connectivity index (χ0n) is 13.2. The molecule has 0 radical (unpaired) electrons. The normalized spacial score (nSPS) is 15.5. The molecule has 7 nitrogen and oxygen atoms in total. The summed E-state index contributed by atoms with van der Waals surface area (Å²) in [5.41, 5.74) is -0.00579. The summed E-state index contributed by atoms with van der Waals surface area (Å²) >= 11 is 0.918. The van der Waals surface area contributed by atoms with Gasteiger partial charge < -0.3 is 15.0 Å². The van der Waals surface area contributed by atoms with Crippen molar-refractivity contribution in [3.63, 3.8) is 0 Å². The molecule has 128 valence electrons. The van der Waals surface area contributed by atoms with Crippen LogP contribution in [0.3, 0.4) is 0 Å². The van der Waals surface area contributed by atoms with Crippen molar-refractivity contribution in [3.8, 4) is 0 Å². The fourth-order valence-electron chi connectivity index (χ4n) is 2.95. The second-order valence-corrected chi connectivity index (χ2v) is 6.77. The van der Waals surface area contributed by atoms with Gasteiger partial charge in [-0.15, -0.1) is 0 Å². The molecular formula is C16H20N3O4S+. The summed E-state index contributed by atoms with van der Waals surface area (Å²) in [5, 5.41) is 15.2. The van der Waals surface area contributed by atoms with Gasteiger partial charge in [0.1, 0.15) is 18.8 Å². The number of rotatable bonds is 6. The van der Waals surface area contributed by atoms with Gasteiger partial charge in [0.25, 0.3) is 0 Å². The molecule has 2 aromatic rings. The van der Waals surface area contributed by atoms with Crippen LogP contribution in [0.2, 0.25) is 0 Å². The molecule has 0 atom stereocenters. The Morgan fingerprint density at radius 3 is 2.79 bits per heavy atom. The van der Waals surface area contributed by atoms with Crippen LogP contribution in [0.15, 0.2) is 29.1 Å². The molecule has 1 aliphatic rings. The van der Waals surface area contributed by atoms with Gasteiger partial charge in [-0.1, -0.05) is 29.5 Å². The molecular weight excluding hydrogens is 330 g/mol. The minimum Gasteiger partial charge on any atom is -0.379 e. The van der Waals surface area contributed by atoms with E-state index in [1.807, 2.05) is 24.3 Å². The number of morpholine rings is 1. The number of nitro groups is 1. The molecule has 0 saturated carbocycles. The van der Waals surface area contributed by atoms with E-state index >= 15 is 0 Å². The van der Waals surface area contributed by atoms with Gasteiger partial charge >= 0.3 is 10.4 Å². The lowest BCUT2D eigenvalue weighted by molar-refractivity contribution is -0.908. The van der Waals surface area contributed by atoms with Gasteiger partial charge in [-0.2, -0.15) is 0 Å². The molecule has 2 heterocycles. The van der Waals surface area contributed by atoms with E-state index in [9.17, 15) is 14.9 Å². The van der Waals surface area contributed by atoms with E-state index in [4.69, 9.17) is 4.74 Å². The molecule has 0 aliphatic carbocycles. The average Bonchev–Trinajstić information content (AvgIpc) is 2.58. The smallest absolute Gasteiger partial charge is 0.350 e.